The van der Waals surface area contributed by atoms with Gasteiger partial charge in [0.2, 0.25) is 0 Å². The van der Waals surface area contributed by atoms with Gasteiger partial charge in [-0.3, -0.25) is 4.57 Å². The predicted octanol–water partition coefficient (Wildman–Crippen LogP) is 1.42. The number of benzene rings is 1. The Morgan fingerprint density at radius 2 is 2.06 bits per heavy atom. The van der Waals surface area contributed by atoms with Crippen molar-refractivity contribution in [3.8, 4) is 17.1 Å². The van der Waals surface area contributed by atoms with E-state index in [4.69, 9.17) is 4.74 Å². The highest BCUT2D eigenvalue weighted by atomic mass is 32.2. The molecule has 5 nitrogen and oxygen atoms in total. The summed E-state index contributed by atoms with van der Waals surface area (Å²) < 4.78 is 6.70. The molecule has 1 aliphatic rings. The van der Waals surface area contributed by atoms with Crippen molar-refractivity contribution in [2.45, 2.75) is 11.7 Å². The molecule has 2 heterocycles. The molecule has 0 fully saturated rings. The summed E-state index contributed by atoms with van der Waals surface area (Å²) >= 11 is 1.59. The summed E-state index contributed by atoms with van der Waals surface area (Å²) in [5.41, 5.74) is 0.597. The minimum atomic E-state index is -0.226. The molecule has 0 saturated heterocycles. The van der Waals surface area contributed by atoms with Crippen molar-refractivity contribution >= 4 is 11.8 Å². The molecule has 92 valence electrons. The lowest BCUT2D eigenvalue weighted by Crippen LogP contribution is -2.23. The maximum absolute atomic E-state index is 11.8. The lowest BCUT2D eigenvalue weighted by atomic mass is 10.2. The summed E-state index contributed by atoms with van der Waals surface area (Å²) in [6.45, 7) is 0.696. The van der Waals surface area contributed by atoms with Gasteiger partial charge in [0, 0.05) is 17.9 Å². The van der Waals surface area contributed by atoms with Crippen LogP contribution in [0, 0.1) is 0 Å². The fraction of sp³-hybridized carbons (Fsp3) is 0.250. The molecule has 6 heteroatoms. The van der Waals surface area contributed by atoms with Crippen molar-refractivity contribution in [1.82, 2.24) is 14.5 Å². The first-order valence-electron chi connectivity index (χ1n) is 5.54. The number of thioether (sulfide) groups is 1. The van der Waals surface area contributed by atoms with Crippen LogP contribution in [-0.2, 0) is 6.54 Å². The molecule has 0 saturated carbocycles. The smallest absolute Gasteiger partial charge is 0.351 e. The summed E-state index contributed by atoms with van der Waals surface area (Å²) in [7, 11) is 1.62. The van der Waals surface area contributed by atoms with Crippen molar-refractivity contribution in [2.75, 3.05) is 12.9 Å². The van der Waals surface area contributed by atoms with E-state index >= 15 is 0 Å². The third-order valence-corrected chi connectivity index (χ3v) is 3.72. The van der Waals surface area contributed by atoms with E-state index in [9.17, 15) is 4.79 Å². The number of ether oxygens (including phenoxy) is 1. The molecule has 0 atom stereocenters. The van der Waals surface area contributed by atoms with Gasteiger partial charge in [-0.25, -0.2) is 9.78 Å². The molecule has 18 heavy (non-hydrogen) atoms. The number of nitrogens with zero attached hydrogens (tertiary/aromatic N) is 3. The molecule has 0 unspecified atom stereocenters. The Balaban J connectivity index is 2.06. The molecule has 0 radical (unpaired) electrons. The number of fused-ring (bicyclic) bond motifs is 1. The van der Waals surface area contributed by atoms with Gasteiger partial charge in [0.1, 0.15) is 5.75 Å². The second kappa shape index (κ2) is 4.45. The zero-order valence-electron chi connectivity index (χ0n) is 9.79. The average Bonchev–Trinajstić information content (AvgIpc) is 2.88. The molecule has 0 bridgehead atoms. The number of rotatable bonds is 2. The Bertz CT molecular complexity index is 637. The summed E-state index contributed by atoms with van der Waals surface area (Å²) in [4.78, 5) is 20.2. The van der Waals surface area contributed by atoms with Crippen LogP contribution in [0.1, 0.15) is 0 Å². The quantitative estimate of drug-likeness (QED) is 0.818. The van der Waals surface area contributed by atoms with E-state index < -0.39 is 0 Å². The van der Waals surface area contributed by atoms with Crippen molar-refractivity contribution in [2.24, 2.45) is 0 Å². The molecule has 1 aromatic carbocycles. The Hall–Kier alpha value is -1.82. The topological polar surface area (TPSA) is 57.0 Å². The number of methoxy groups -OCH3 is 1. The van der Waals surface area contributed by atoms with Gasteiger partial charge in [0.05, 0.1) is 7.11 Å². The Morgan fingerprint density at radius 3 is 2.78 bits per heavy atom. The molecular formula is C12H11N3O2S. The van der Waals surface area contributed by atoms with E-state index in [1.165, 1.54) is 0 Å². The second-order valence-electron chi connectivity index (χ2n) is 3.84. The van der Waals surface area contributed by atoms with Crippen molar-refractivity contribution in [3.05, 3.63) is 34.7 Å². The van der Waals surface area contributed by atoms with Crippen LogP contribution in [0.15, 0.2) is 34.2 Å². The molecule has 0 aliphatic carbocycles. The van der Waals surface area contributed by atoms with Gasteiger partial charge in [-0.05, 0) is 24.3 Å². The second-order valence-corrected chi connectivity index (χ2v) is 4.90. The van der Waals surface area contributed by atoms with E-state index in [1.54, 1.807) is 23.4 Å². The van der Waals surface area contributed by atoms with Gasteiger partial charge in [0.15, 0.2) is 11.0 Å². The molecular weight excluding hydrogens is 250 g/mol. The fourth-order valence-electron chi connectivity index (χ4n) is 1.81. The van der Waals surface area contributed by atoms with Gasteiger partial charge in [0.25, 0.3) is 0 Å². The molecule has 0 spiro atoms. The predicted molar refractivity (Wildman–Crippen MR) is 69.0 cm³/mol. The average molecular weight is 261 g/mol. The summed E-state index contributed by atoms with van der Waals surface area (Å²) in [5.74, 6) is 2.13. The van der Waals surface area contributed by atoms with Gasteiger partial charge in [-0.2, -0.15) is 4.98 Å². The normalized spacial score (nSPS) is 13.4. The first-order valence-corrected chi connectivity index (χ1v) is 6.52. The van der Waals surface area contributed by atoms with Gasteiger partial charge < -0.3 is 4.74 Å². The zero-order chi connectivity index (χ0) is 12.5. The monoisotopic (exact) mass is 261 g/mol. The van der Waals surface area contributed by atoms with Gasteiger partial charge >= 0.3 is 5.69 Å². The Labute approximate surface area is 108 Å². The van der Waals surface area contributed by atoms with Crippen LogP contribution in [0.5, 0.6) is 5.75 Å². The van der Waals surface area contributed by atoms with Crippen LogP contribution < -0.4 is 10.4 Å². The fourth-order valence-corrected chi connectivity index (χ4v) is 2.74. The maximum Gasteiger partial charge on any atom is 0.351 e. The van der Waals surface area contributed by atoms with Crippen LogP contribution in [0.4, 0.5) is 0 Å². The zero-order valence-corrected chi connectivity index (χ0v) is 10.6. The summed E-state index contributed by atoms with van der Waals surface area (Å²) in [6.07, 6.45) is 0. The SMILES string of the molecule is COc1ccc(-c2nc3n(c(=O)n2)CCS3)cc1. The number of aromatic nitrogens is 3. The number of hydrogen-bond acceptors (Lipinski definition) is 5. The Morgan fingerprint density at radius 1 is 1.28 bits per heavy atom. The van der Waals surface area contributed by atoms with Crippen LogP contribution in [-0.4, -0.2) is 27.4 Å². The molecule has 1 aliphatic heterocycles. The van der Waals surface area contributed by atoms with Crippen molar-refractivity contribution < 1.29 is 4.74 Å². The minimum Gasteiger partial charge on any atom is -0.497 e. The van der Waals surface area contributed by atoms with E-state index in [2.05, 4.69) is 9.97 Å². The largest absolute Gasteiger partial charge is 0.497 e. The van der Waals surface area contributed by atoms with Crippen LogP contribution in [0.2, 0.25) is 0 Å². The van der Waals surface area contributed by atoms with Gasteiger partial charge in [-0.1, -0.05) is 11.8 Å². The lowest BCUT2D eigenvalue weighted by Gasteiger charge is -2.04. The highest BCUT2D eigenvalue weighted by Gasteiger charge is 2.16. The molecule has 1 aromatic heterocycles. The lowest BCUT2D eigenvalue weighted by molar-refractivity contribution is 0.415. The Kier molecular flexibility index (Phi) is 2.79. The summed E-state index contributed by atoms with van der Waals surface area (Å²) in [5, 5.41) is 0.751. The first kappa shape index (κ1) is 11.3. The van der Waals surface area contributed by atoms with Crippen molar-refractivity contribution in [1.29, 1.82) is 0 Å². The molecule has 0 amide bonds. The highest BCUT2D eigenvalue weighted by molar-refractivity contribution is 7.99. The standard InChI is InChI=1S/C12H11N3O2S/c1-17-9-4-2-8(3-5-9)10-13-11(16)15-6-7-18-12(15)14-10/h2-5H,6-7H2,1H3. The molecule has 0 N–H and O–H groups in total. The van der Waals surface area contributed by atoms with Crippen LogP contribution in [0.3, 0.4) is 0 Å². The third-order valence-electron chi connectivity index (χ3n) is 2.76. The number of hydrogen-bond donors (Lipinski definition) is 0. The molecule has 2 aromatic rings. The maximum atomic E-state index is 11.8. The highest BCUT2D eigenvalue weighted by Crippen LogP contribution is 2.24. The first-order chi connectivity index (χ1) is 8.78. The third kappa shape index (κ3) is 1.88. The van der Waals surface area contributed by atoms with Crippen LogP contribution >= 0.6 is 11.8 Å². The van der Waals surface area contributed by atoms with E-state index in [-0.39, 0.29) is 5.69 Å². The van der Waals surface area contributed by atoms with E-state index in [1.807, 2.05) is 24.3 Å². The summed E-state index contributed by atoms with van der Waals surface area (Å²) in [6, 6.07) is 7.36. The van der Waals surface area contributed by atoms with Gasteiger partial charge in [-0.15, -0.1) is 0 Å². The van der Waals surface area contributed by atoms with E-state index in [0.717, 1.165) is 22.2 Å². The van der Waals surface area contributed by atoms with Crippen molar-refractivity contribution in [3.63, 3.8) is 0 Å². The minimum absolute atomic E-state index is 0.226. The van der Waals surface area contributed by atoms with Crippen LogP contribution in [0.25, 0.3) is 11.4 Å². The molecule has 3 rings (SSSR count). The van der Waals surface area contributed by atoms with E-state index in [0.29, 0.717) is 12.4 Å².